The van der Waals surface area contributed by atoms with E-state index in [1.807, 2.05) is 6.92 Å². The lowest BCUT2D eigenvalue weighted by atomic mass is 10.2. The Morgan fingerprint density at radius 1 is 1.56 bits per heavy atom. The van der Waals surface area contributed by atoms with Crippen LogP contribution in [0.25, 0.3) is 0 Å². The number of carbonyl (C=O) groups is 1. The molecule has 1 aromatic rings. The van der Waals surface area contributed by atoms with Crippen LogP contribution >= 0.6 is 0 Å². The van der Waals surface area contributed by atoms with Crippen LogP contribution in [-0.4, -0.2) is 33.3 Å². The number of rotatable bonds is 6. The van der Waals surface area contributed by atoms with E-state index in [1.54, 1.807) is 6.26 Å². The third-order valence-corrected chi connectivity index (χ3v) is 4.02. The molecule has 0 bridgehead atoms. The molecule has 0 aromatic heterocycles. The minimum Gasteiger partial charge on any atom is -0.478 e. The molecule has 0 saturated carbocycles. The highest BCUT2D eigenvalue weighted by molar-refractivity contribution is 7.84. The lowest BCUT2D eigenvalue weighted by molar-refractivity contribution is 0.0692. The number of hydrogen-bond acceptors (Lipinski definition) is 3. The van der Waals surface area contributed by atoms with Gasteiger partial charge >= 0.3 is 5.97 Å². The third-order valence-electron chi connectivity index (χ3n) is 2.65. The molecule has 0 aliphatic carbocycles. The summed E-state index contributed by atoms with van der Waals surface area (Å²) < 4.78 is 24.5. The minimum atomic E-state index is -1.28. The summed E-state index contributed by atoms with van der Waals surface area (Å²) in [7, 11) is -0.874. The molecule has 0 fully saturated rings. The van der Waals surface area contributed by atoms with Gasteiger partial charge < -0.3 is 10.4 Å². The van der Waals surface area contributed by atoms with Crippen LogP contribution in [0.3, 0.4) is 0 Å². The van der Waals surface area contributed by atoms with Crippen molar-refractivity contribution in [2.24, 2.45) is 0 Å². The quantitative estimate of drug-likeness (QED) is 0.833. The maximum atomic E-state index is 13.3. The Morgan fingerprint density at radius 3 is 2.72 bits per heavy atom. The summed E-state index contributed by atoms with van der Waals surface area (Å²) in [5.74, 6) is -2.05. The monoisotopic (exact) mass is 273 g/mol. The van der Waals surface area contributed by atoms with Crippen LogP contribution in [0.2, 0.25) is 0 Å². The van der Waals surface area contributed by atoms with Gasteiger partial charge in [0.2, 0.25) is 0 Å². The van der Waals surface area contributed by atoms with Crippen LogP contribution < -0.4 is 5.32 Å². The zero-order chi connectivity index (χ0) is 13.7. The number of hydrogen-bond donors (Lipinski definition) is 2. The maximum Gasteiger partial charge on any atom is 0.338 e. The Labute approximate surface area is 108 Å². The standard InChI is InChI=1S/C12H16FNO3S/c1-8(18(2)17)5-6-14-9-3-4-10(12(15)16)11(13)7-9/h3-4,7-8,14H,5-6H2,1-2H3,(H,15,16). The van der Waals surface area contributed by atoms with Gasteiger partial charge in [-0.1, -0.05) is 6.92 Å². The largest absolute Gasteiger partial charge is 0.478 e. The molecule has 0 aliphatic rings. The van der Waals surface area contributed by atoms with E-state index < -0.39 is 22.6 Å². The lowest BCUT2D eigenvalue weighted by Gasteiger charge is -2.10. The first kappa shape index (κ1) is 14.6. The molecule has 0 spiro atoms. The van der Waals surface area contributed by atoms with E-state index in [9.17, 15) is 13.4 Å². The summed E-state index contributed by atoms with van der Waals surface area (Å²) in [6, 6.07) is 3.89. The Balaban J connectivity index is 2.56. The van der Waals surface area contributed by atoms with Gasteiger partial charge in [-0.15, -0.1) is 0 Å². The van der Waals surface area contributed by atoms with Gasteiger partial charge in [0.15, 0.2) is 0 Å². The summed E-state index contributed by atoms with van der Waals surface area (Å²) in [5, 5.41) is 11.7. The number of nitrogens with one attached hydrogen (secondary N) is 1. The van der Waals surface area contributed by atoms with Crippen molar-refractivity contribution in [3.05, 3.63) is 29.6 Å². The van der Waals surface area contributed by atoms with E-state index in [1.165, 1.54) is 12.1 Å². The minimum absolute atomic E-state index is 0.0700. The second-order valence-electron chi connectivity index (χ2n) is 4.02. The molecule has 18 heavy (non-hydrogen) atoms. The molecule has 2 atom stereocenters. The van der Waals surface area contributed by atoms with Gasteiger partial charge in [0, 0.05) is 34.5 Å². The zero-order valence-corrected chi connectivity index (χ0v) is 11.1. The zero-order valence-electron chi connectivity index (χ0n) is 10.3. The van der Waals surface area contributed by atoms with Crippen molar-refractivity contribution in [3.8, 4) is 0 Å². The summed E-state index contributed by atoms with van der Waals surface area (Å²) >= 11 is 0. The van der Waals surface area contributed by atoms with E-state index >= 15 is 0 Å². The number of carboxylic acid groups (broad SMARTS) is 1. The van der Waals surface area contributed by atoms with Crippen LogP contribution in [0.4, 0.5) is 10.1 Å². The molecule has 1 aromatic carbocycles. The van der Waals surface area contributed by atoms with Crippen LogP contribution in [-0.2, 0) is 10.8 Å². The van der Waals surface area contributed by atoms with Crippen molar-refractivity contribution < 1.29 is 18.5 Å². The van der Waals surface area contributed by atoms with E-state index in [0.29, 0.717) is 18.7 Å². The average Bonchev–Trinajstić information content (AvgIpc) is 2.28. The fourth-order valence-electron chi connectivity index (χ4n) is 1.38. The summed E-state index contributed by atoms with van der Waals surface area (Å²) in [6.45, 7) is 2.44. The predicted molar refractivity (Wildman–Crippen MR) is 70.0 cm³/mol. The van der Waals surface area contributed by atoms with Crippen LogP contribution in [0, 0.1) is 5.82 Å². The van der Waals surface area contributed by atoms with E-state index in [0.717, 1.165) is 6.07 Å². The molecule has 0 saturated heterocycles. The van der Waals surface area contributed by atoms with Crippen molar-refractivity contribution in [1.82, 2.24) is 0 Å². The van der Waals surface area contributed by atoms with Gasteiger partial charge in [0.1, 0.15) is 5.82 Å². The van der Waals surface area contributed by atoms with Crippen molar-refractivity contribution in [3.63, 3.8) is 0 Å². The van der Waals surface area contributed by atoms with Crippen molar-refractivity contribution in [2.75, 3.05) is 18.1 Å². The fraction of sp³-hybridized carbons (Fsp3) is 0.417. The summed E-state index contributed by atoms with van der Waals surface area (Å²) in [5.41, 5.74) is 0.176. The molecule has 0 radical (unpaired) electrons. The molecule has 0 aliphatic heterocycles. The lowest BCUT2D eigenvalue weighted by Crippen LogP contribution is -2.15. The third kappa shape index (κ3) is 4.10. The molecule has 100 valence electrons. The molecule has 1 rings (SSSR count). The Morgan fingerprint density at radius 2 is 2.22 bits per heavy atom. The van der Waals surface area contributed by atoms with Crippen molar-refractivity contribution in [1.29, 1.82) is 0 Å². The second kappa shape index (κ2) is 6.49. The topological polar surface area (TPSA) is 66.4 Å². The fourth-order valence-corrected chi connectivity index (χ4v) is 1.83. The summed E-state index contributed by atoms with van der Waals surface area (Å²) in [6.07, 6.45) is 2.34. The average molecular weight is 273 g/mol. The molecular weight excluding hydrogens is 257 g/mol. The number of benzene rings is 1. The molecule has 2 unspecified atom stereocenters. The SMILES string of the molecule is CC(CCNc1ccc(C(=O)O)c(F)c1)S(C)=O. The first-order valence-corrected chi connectivity index (χ1v) is 7.13. The smallest absolute Gasteiger partial charge is 0.338 e. The molecule has 0 heterocycles. The predicted octanol–water partition coefficient (Wildman–Crippen LogP) is 2.09. The Kier molecular flexibility index (Phi) is 5.27. The molecule has 2 N–H and O–H groups in total. The van der Waals surface area contributed by atoms with Gasteiger partial charge in [-0.05, 0) is 24.6 Å². The van der Waals surface area contributed by atoms with Crippen LogP contribution in [0.5, 0.6) is 0 Å². The highest BCUT2D eigenvalue weighted by Gasteiger charge is 2.10. The highest BCUT2D eigenvalue weighted by Crippen LogP contribution is 2.14. The van der Waals surface area contributed by atoms with Gasteiger partial charge in [-0.2, -0.15) is 0 Å². The highest BCUT2D eigenvalue weighted by atomic mass is 32.2. The number of aromatic carboxylic acids is 1. The van der Waals surface area contributed by atoms with Crippen LogP contribution in [0.15, 0.2) is 18.2 Å². The second-order valence-corrected chi connectivity index (χ2v) is 5.83. The summed E-state index contributed by atoms with van der Waals surface area (Å²) in [4.78, 5) is 10.6. The number of carboxylic acids is 1. The van der Waals surface area contributed by atoms with Gasteiger partial charge in [0.25, 0.3) is 0 Å². The maximum absolute atomic E-state index is 13.3. The van der Waals surface area contributed by atoms with E-state index in [4.69, 9.17) is 5.11 Å². The molecule has 6 heteroatoms. The van der Waals surface area contributed by atoms with E-state index in [-0.39, 0.29) is 10.8 Å². The van der Waals surface area contributed by atoms with Gasteiger partial charge in [0.05, 0.1) is 5.56 Å². The number of anilines is 1. The molecular formula is C12H16FNO3S. The molecule has 4 nitrogen and oxygen atoms in total. The van der Waals surface area contributed by atoms with Gasteiger partial charge in [-0.25, -0.2) is 9.18 Å². The van der Waals surface area contributed by atoms with Crippen LogP contribution in [0.1, 0.15) is 23.7 Å². The van der Waals surface area contributed by atoms with E-state index in [2.05, 4.69) is 5.32 Å². The molecule has 0 amide bonds. The Bertz CT molecular complexity index is 465. The van der Waals surface area contributed by atoms with Crippen molar-refractivity contribution >= 4 is 22.5 Å². The Hall–Kier alpha value is -1.43. The normalized spacial score (nSPS) is 13.9. The number of halogens is 1. The van der Waals surface area contributed by atoms with Gasteiger partial charge in [-0.3, -0.25) is 4.21 Å². The first-order chi connectivity index (χ1) is 8.41. The van der Waals surface area contributed by atoms with Crippen molar-refractivity contribution in [2.45, 2.75) is 18.6 Å². The first-order valence-electron chi connectivity index (χ1n) is 5.50.